The maximum Gasteiger partial charge on any atom is 0.244 e. The highest BCUT2D eigenvalue weighted by atomic mass is 16.2. The molecule has 3 N–H and O–H groups in total. The van der Waals surface area contributed by atoms with E-state index in [9.17, 15) is 14.4 Å². The molecule has 0 unspecified atom stereocenters. The van der Waals surface area contributed by atoms with E-state index in [1.165, 1.54) is 4.90 Å². The van der Waals surface area contributed by atoms with Gasteiger partial charge in [0.15, 0.2) is 0 Å². The number of hydrogen-bond acceptors (Lipinski definition) is 4. The van der Waals surface area contributed by atoms with Crippen molar-refractivity contribution in [3.63, 3.8) is 0 Å². The summed E-state index contributed by atoms with van der Waals surface area (Å²) in [6.07, 6.45) is 0.686. The molecule has 1 aliphatic rings. The largest absolute Gasteiger partial charge is 0.356 e. The van der Waals surface area contributed by atoms with Gasteiger partial charge in [-0.1, -0.05) is 24.3 Å². The van der Waals surface area contributed by atoms with Crippen LogP contribution in [0.2, 0.25) is 0 Å². The number of hydrogen-bond donors (Lipinski definition) is 3. The summed E-state index contributed by atoms with van der Waals surface area (Å²) in [7, 11) is 0. The van der Waals surface area contributed by atoms with Gasteiger partial charge < -0.3 is 20.5 Å². The molecular formula is C21H21N5O3. The van der Waals surface area contributed by atoms with Gasteiger partial charge >= 0.3 is 0 Å². The second kappa shape index (κ2) is 8.14. The maximum absolute atomic E-state index is 12.6. The molecule has 0 atom stereocenters. The second-order valence-electron chi connectivity index (χ2n) is 6.85. The number of anilines is 2. The van der Waals surface area contributed by atoms with Crippen molar-refractivity contribution >= 4 is 40.1 Å². The zero-order valence-electron chi connectivity index (χ0n) is 15.8. The monoisotopic (exact) mass is 391 g/mol. The Bertz CT molecular complexity index is 1040. The Hall–Kier alpha value is -3.68. The molecule has 1 aromatic heterocycles. The third kappa shape index (κ3) is 4.26. The van der Waals surface area contributed by atoms with E-state index < -0.39 is 0 Å². The standard InChI is InChI=1S/C21H21N5O3/c27-19(22-12-11-18-23-14-5-1-2-6-15(14)24-18)9-10-21(29)26-13-20(28)25-16-7-3-4-8-17(16)26/h1-8H,9-13H2,(H,22,27)(H,23,24)(H,25,28). The number of nitrogens with one attached hydrogen (secondary N) is 3. The molecule has 4 rings (SSSR count). The second-order valence-corrected chi connectivity index (χ2v) is 6.85. The average molecular weight is 391 g/mol. The Morgan fingerprint density at radius 2 is 1.86 bits per heavy atom. The number of carbonyl (C=O) groups is 3. The third-order valence-electron chi connectivity index (χ3n) is 4.76. The fourth-order valence-corrected chi connectivity index (χ4v) is 3.34. The Labute approximate surface area is 167 Å². The van der Waals surface area contributed by atoms with E-state index in [4.69, 9.17) is 0 Å². The molecular weight excluding hydrogens is 370 g/mol. The molecule has 2 aromatic carbocycles. The number of nitrogens with zero attached hydrogens (tertiary/aromatic N) is 2. The molecule has 0 fully saturated rings. The lowest BCUT2D eigenvalue weighted by Crippen LogP contribution is -2.42. The Kier molecular flexibility index (Phi) is 5.24. The van der Waals surface area contributed by atoms with Gasteiger partial charge in [0.25, 0.3) is 0 Å². The summed E-state index contributed by atoms with van der Waals surface area (Å²) in [5, 5.41) is 5.55. The molecule has 0 aliphatic carbocycles. The fraction of sp³-hybridized carbons (Fsp3) is 0.238. The molecule has 0 spiro atoms. The molecule has 1 aliphatic heterocycles. The predicted octanol–water partition coefficient (Wildman–Crippen LogP) is 1.99. The molecule has 148 valence electrons. The number of rotatable bonds is 6. The summed E-state index contributed by atoms with van der Waals surface area (Å²) in [4.78, 5) is 45.6. The van der Waals surface area contributed by atoms with Gasteiger partial charge in [-0.05, 0) is 24.3 Å². The highest BCUT2D eigenvalue weighted by molar-refractivity contribution is 6.10. The van der Waals surface area contributed by atoms with Crippen LogP contribution in [-0.2, 0) is 20.8 Å². The number of aromatic nitrogens is 2. The lowest BCUT2D eigenvalue weighted by molar-refractivity contribution is -0.125. The maximum atomic E-state index is 12.6. The van der Waals surface area contributed by atoms with Crippen LogP contribution >= 0.6 is 0 Å². The molecule has 0 saturated carbocycles. The van der Waals surface area contributed by atoms with Crippen molar-refractivity contribution in [1.82, 2.24) is 15.3 Å². The first-order valence-electron chi connectivity index (χ1n) is 9.50. The SMILES string of the molecule is O=C(CCC(=O)N1CC(=O)Nc2ccccc21)NCCc1nc2ccccc2[nH]1. The fourth-order valence-electron chi connectivity index (χ4n) is 3.34. The van der Waals surface area contributed by atoms with Gasteiger partial charge in [0.1, 0.15) is 12.4 Å². The predicted molar refractivity (Wildman–Crippen MR) is 109 cm³/mol. The van der Waals surface area contributed by atoms with Crippen molar-refractivity contribution in [2.75, 3.05) is 23.3 Å². The van der Waals surface area contributed by atoms with Crippen LogP contribution in [-0.4, -0.2) is 40.8 Å². The number of para-hydroxylation sites is 4. The number of amides is 3. The van der Waals surface area contributed by atoms with Crippen LogP contribution < -0.4 is 15.5 Å². The first-order valence-corrected chi connectivity index (χ1v) is 9.50. The Balaban J connectivity index is 1.26. The summed E-state index contributed by atoms with van der Waals surface area (Å²) in [5.41, 5.74) is 3.12. The summed E-state index contributed by atoms with van der Waals surface area (Å²) in [6.45, 7) is 0.394. The first-order chi connectivity index (χ1) is 14.1. The summed E-state index contributed by atoms with van der Waals surface area (Å²) in [5.74, 6) is 0.106. The molecule has 8 nitrogen and oxygen atoms in total. The van der Waals surface area contributed by atoms with Crippen molar-refractivity contribution in [3.8, 4) is 0 Å². The number of fused-ring (bicyclic) bond motifs is 2. The minimum absolute atomic E-state index is 0.0382. The number of carbonyl (C=O) groups excluding carboxylic acids is 3. The van der Waals surface area contributed by atoms with Gasteiger partial charge in [0.2, 0.25) is 17.7 Å². The van der Waals surface area contributed by atoms with Gasteiger partial charge in [-0.25, -0.2) is 4.98 Å². The first kappa shape index (κ1) is 18.7. The summed E-state index contributed by atoms with van der Waals surface area (Å²) < 4.78 is 0. The molecule has 3 amide bonds. The Morgan fingerprint density at radius 1 is 1.07 bits per heavy atom. The number of benzene rings is 2. The van der Waals surface area contributed by atoms with E-state index in [1.807, 2.05) is 24.3 Å². The van der Waals surface area contributed by atoms with Crippen LogP contribution in [0.4, 0.5) is 11.4 Å². The molecule has 2 heterocycles. The van der Waals surface area contributed by atoms with Crippen molar-refractivity contribution in [2.45, 2.75) is 19.3 Å². The van der Waals surface area contributed by atoms with Gasteiger partial charge in [-0.2, -0.15) is 0 Å². The van der Waals surface area contributed by atoms with Crippen molar-refractivity contribution < 1.29 is 14.4 Å². The van der Waals surface area contributed by atoms with Gasteiger partial charge in [-0.15, -0.1) is 0 Å². The van der Waals surface area contributed by atoms with E-state index in [0.717, 1.165) is 16.9 Å². The molecule has 3 aromatic rings. The van der Waals surface area contributed by atoms with Crippen LogP contribution in [0.15, 0.2) is 48.5 Å². The van der Waals surface area contributed by atoms with Crippen LogP contribution in [0.5, 0.6) is 0 Å². The van der Waals surface area contributed by atoms with E-state index >= 15 is 0 Å². The minimum atomic E-state index is -0.250. The molecule has 29 heavy (non-hydrogen) atoms. The van der Waals surface area contributed by atoms with Gasteiger partial charge in [0, 0.05) is 25.8 Å². The minimum Gasteiger partial charge on any atom is -0.356 e. The van der Waals surface area contributed by atoms with E-state index in [2.05, 4.69) is 20.6 Å². The van der Waals surface area contributed by atoms with Crippen LogP contribution in [0.3, 0.4) is 0 Å². The van der Waals surface area contributed by atoms with Crippen molar-refractivity contribution in [2.24, 2.45) is 0 Å². The zero-order valence-corrected chi connectivity index (χ0v) is 15.8. The third-order valence-corrected chi connectivity index (χ3v) is 4.76. The molecule has 8 heteroatoms. The highest BCUT2D eigenvalue weighted by Gasteiger charge is 2.26. The normalized spacial score (nSPS) is 13.1. The van der Waals surface area contributed by atoms with E-state index in [-0.39, 0.29) is 37.1 Å². The lowest BCUT2D eigenvalue weighted by atomic mass is 10.1. The van der Waals surface area contributed by atoms with E-state index in [1.54, 1.807) is 24.3 Å². The van der Waals surface area contributed by atoms with Crippen LogP contribution in [0, 0.1) is 0 Å². The molecule has 0 saturated heterocycles. The average Bonchev–Trinajstić information content (AvgIpc) is 3.14. The van der Waals surface area contributed by atoms with Gasteiger partial charge in [-0.3, -0.25) is 14.4 Å². The van der Waals surface area contributed by atoms with Crippen LogP contribution in [0.25, 0.3) is 11.0 Å². The number of imidazole rings is 1. The summed E-state index contributed by atoms with van der Waals surface area (Å²) >= 11 is 0. The smallest absolute Gasteiger partial charge is 0.244 e. The molecule has 0 bridgehead atoms. The number of aromatic amines is 1. The lowest BCUT2D eigenvalue weighted by Gasteiger charge is -2.29. The molecule has 0 radical (unpaired) electrons. The van der Waals surface area contributed by atoms with Gasteiger partial charge in [0.05, 0.1) is 22.4 Å². The quantitative estimate of drug-likeness (QED) is 0.597. The number of H-pyrrole nitrogens is 1. The summed E-state index contributed by atoms with van der Waals surface area (Å²) in [6, 6.07) is 14.9. The Morgan fingerprint density at radius 3 is 2.72 bits per heavy atom. The van der Waals surface area contributed by atoms with Crippen molar-refractivity contribution in [3.05, 3.63) is 54.4 Å². The van der Waals surface area contributed by atoms with Crippen LogP contribution in [0.1, 0.15) is 18.7 Å². The zero-order chi connectivity index (χ0) is 20.2. The van der Waals surface area contributed by atoms with E-state index in [0.29, 0.717) is 24.3 Å². The topological polar surface area (TPSA) is 107 Å². The highest BCUT2D eigenvalue weighted by Crippen LogP contribution is 2.29. The van der Waals surface area contributed by atoms with Crippen molar-refractivity contribution in [1.29, 1.82) is 0 Å².